The molecule has 96 valence electrons. The number of ether oxygens (including phenoxy) is 2. The summed E-state index contributed by atoms with van der Waals surface area (Å²) in [5, 5.41) is 0. The summed E-state index contributed by atoms with van der Waals surface area (Å²) in [6.07, 6.45) is 0.753. The summed E-state index contributed by atoms with van der Waals surface area (Å²) in [5.41, 5.74) is 8.12. The van der Waals surface area contributed by atoms with Crippen LogP contribution in [0.5, 0.6) is 11.5 Å². The Morgan fingerprint density at radius 2 is 2.00 bits per heavy atom. The Bertz CT molecular complexity index is 380. The Hall–Kier alpha value is -1.19. The van der Waals surface area contributed by atoms with Gasteiger partial charge in [-0.05, 0) is 19.4 Å². The predicted molar refractivity (Wildman–Crippen MR) is 73.2 cm³/mol. The van der Waals surface area contributed by atoms with E-state index in [1.54, 1.807) is 14.2 Å². The van der Waals surface area contributed by atoms with Gasteiger partial charge in [0, 0.05) is 17.7 Å². The lowest BCUT2D eigenvalue weighted by molar-refractivity contribution is 0.388. The van der Waals surface area contributed by atoms with Crippen molar-refractivity contribution >= 4 is 12.4 Å². The van der Waals surface area contributed by atoms with Crippen LogP contribution in [-0.2, 0) is 0 Å². The molecule has 0 aromatic heterocycles. The zero-order chi connectivity index (χ0) is 12.1. The predicted octanol–water partition coefficient (Wildman–Crippen LogP) is 3.09. The zero-order valence-electron chi connectivity index (χ0n) is 10.5. The fraction of sp³-hybridized carbons (Fsp3) is 0.385. The molecule has 1 rings (SSSR count). The Morgan fingerprint density at radius 1 is 1.35 bits per heavy atom. The van der Waals surface area contributed by atoms with E-state index < -0.39 is 0 Å². The van der Waals surface area contributed by atoms with Gasteiger partial charge in [0.05, 0.1) is 14.2 Å². The number of rotatable bonds is 5. The molecule has 0 aliphatic carbocycles. The van der Waals surface area contributed by atoms with Crippen LogP contribution in [0.2, 0.25) is 0 Å². The summed E-state index contributed by atoms with van der Waals surface area (Å²) in [4.78, 5) is 0. The van der Waals surface area contributed by atoms with Gasteiger partial charge in [-0.3, -0.25) is 0 Å². The lowest BCUT2D eigenvalue weighted by Gasteiger charge is -2.16. The second kappa shape index (κ2) is 7.20. The molecular weight excluding hydrogens is 238 g/mol. The molecule has 0 bridgehead atoms. The van der Waals surface area contributed by atoms with Crippen molar-refractivity contribution in [2.75, 3.05) is 14.2 Å². The smallest absolute Gasteiger partial charge is 0.127 e. The number of hydrogen-bond acceptors (Lipinski definition) is 3. The first-order valence-corrected chi connectivity index (χ1v) is 5.20. The second-order valence-electron chi connectivity index (χ2n) is 3.88. The van der Waals surface area contributed by atoms with E-state index in [0.29, 0.717) is 0 Å². The second-order valence-corrected chi connectivity index (χ2v) is 3.88. The molecule has 0 unspecified atom stereocenters. The first-order valence-electron chi connectivity index (χ1n) is 5.20. The highest BCUT2D eigenvalue weighted by Crippen LogP contribution is 2.30. The van der Waals surface area contributed by atoms with Crippen LogP contribution in [0.25, 0.3) is 0 Å². The Morgan fingerprint density at radius 3 is 2.47 bits per heavy atom. The molecule has 1 atom stereocenters. The summed E-state index contributed by atoms with van der Waals surface area (Å²) in [7, 11) is 3.26. The molecule has 3 nitrogen and oxygen atoms in total. The van der Waals surface area contributed by atoms with Crippen LogP contribution in [0.4, 0.5) is 0 Å². The SMILES string of the molecule is C=C(C)C[C@@H](N)c1ccc(OC)cc1OC.Cl. The molecule has 2 N–H and O–H groups in total. The molecular formula is C13H20ClNO2. The van der Waals surface area contributed by atoms with E-state index in [-0.39, 0.29) is 18.4 Å². The third-order valence-electron chi connectivity index (χ3n) is 2.41. The van der Waals surface area contributed by atoms with Crippen molar-refractivity contribution in [3.8, 4) is 11.5 Å². The average Bonchev–Trinajstić information content (AvgIpc) is 2.27. The summed E-state index contributed by atoms with van der Waals surface area (Å²) in [5.74, 6) is 1.52. The highest BCUT2D eigenvalue weighted by Gasteiger charge is 2.12. The maximum atomic E-state index is 6.08. The minimum absolute atomic E-state index is 0. The van der Waals surface area contributed by atoms with E-state index in [9.17, 15) is 0 Å². The van der Waals surface area contributed by atoms with Crippen molar-refractivity contribution in [2.45, 2.75) is 19.4 Å². The topological polar surface area (TPSA) is 44.5 Å². The third kappa shape index (κ3) is 4.29. The van der Waals surface area contributed by atoms with Crippen molar-refractivity contribution in [1.82, 2.24) is 0 Å². The third-order valence-corrected chi connectivity index (χ3v) is 2.41. The first-order chi connectivity index (χ1) is 7.58. The van der Waals surface area contributed by atoms with Gasteiger partial charge in [-0.15, -0.1) is 19.0 Å². The van der Waals surface area contributed by atoms with Gasteiger partial charge >= 0.3 is 0 Å². The highest BCUT2D eigenvalue weighted by atomic mass is 35.5. The highest BCUT2D eigenvalue weighted by molar-refractivity contribution is 5.85. The van der Waals surface area contributed by atoms with Gasteiger partial charge in [0.2, 0.25) is 0 Å². The van der Waals surface area contributed by atoms with E-state index >= 15 is 0 Å². The van der Waals surface area contributed by atoms with Gasteiger partial charge in [-0.1, -0.05) is 11.6 Å². The number of halogens is 1. The van der Waals surface area contributed by atoms with Crippen LogP contribution < -0.4 is 15.2 Å². The van der Waals surface area contributed by atoms with E-state index in [1.165, 1.54) is 0 Å². The molecule has 0 radical (unpaired) electrons. The van der Waals surface area contributed by atoms with Crippen LogP contribution in [0.3, 0.4) is 0 Å². The molecule has 0 saturated heterocycles. The molecule has 1 aromatic carbocycles. The van der Waals surface area contributed by atoms with Crippen LogP contribution in [0.15, 0.2) is 30.4 Å². The molecule has 17 heavy (non-hydrogen) atoms. The molecule has 0 fully saturated rings. The van der Waals surface area contributed by atoms with Crippen molar-refractivity contribution in [2.24, 2.45) is 5.73 Å². The van der Waals surface area contributed by atoms with Crippen LogP contribution >= 0.6 is 12.4 Å². The Balaban J connectivity index is 0.00000256. The van der Waals surface area contributed by atoms with Crippen molar-refractivity contribution in [3.05, 3.63) is 35.9 Å². The minimum Gasteiger partial charge on any atom is -0.497 e. The van der Waals surface area contributed by atoms with Gasteiger partial charge in [-0.2, -0.15) is 0 Å². The van der Waals surface area contributed by atoms with E-state index in [0.717, 1.165) is 29.1 Å². The van der Waals surface area contributed by atoms with Crippen molar-refractivity contribution in [3.63, 3.8) is 0 Å². The number of hydrogen-bond donors (Lipinski definition) is 1. The van der Waals surface area contributed by atoms with Crippen LogP contribution in [0.1, 0.15) is 24.9 Å². The molecule has 0 amide bonds. The lowest BCUT2D eigenvalue weighted by Crippen LogP contribution is -2.11. The summed E-state index contributed by atoms with van der Waals surface area (Å²) < 4.78 is 10.4. The summed E-state index contributed by atoms with van der Waals surface area (Å²) in [6, 6.07) is 5.58. The molecule has 0 aliphatic heterocycles. The van der Waals surface area contributed by atoms with E-state index in [2.05, 4.69) is 6.58 Å². The van der Waals surface area contributed by atoms with E-state index in [4.69, 9.17) is 15.2 Å². The molecule has 0 heterocycles. The maximum absolute atomic E-state index is 6.08. The Kier molecular flexibility index (Phi) is 6.69. The average molecular weight is 258 g/mol. The molecule has 1 aromatic rings. The van der Waals surface area contributed by atoms with Gasteiger partial charge < -0.3 is 15.2 Å². The largest absolute Gasteiger partial charge is 0.497 e. The normalized spacial score (nSPS) is 11.3. The molecule has 4 heteroatoms. The zero-order valence-corrected chi connectivity index (χ0v) is 11.3. The van der Waals surface area contributed by atoms with Gasteiger partial charge in [0.15, 0.2) is 0 Å². The quantitative estimate of drug-likeness (QED) is 0.825. The van der Waals surface area contributed by atoms with E-state index in [1.807, 2.05) is 25.1 Å². The van der Waals surface area contributed by atoms with Crippen molar-refractivity contribution in [1.29, 1.82) is 0 Å². The molecule has 0 aliphatic rings. The summed E-state index contributed by atoms with van der Waals surface area (Å²) in [6.45, 7) is 5.83. The van der Waals surface area contributed by atoms with Gasteiger partial charge in [0.25, 0.3) is 0 Å². The number of benzene rings is 1. The molecule has 0 spiro atoms. The summed E-state index contributed by atoms with van der Waals surface area (Å²) >= 11 is 0. The van der Waals surface area contributed by atoms with Gasteiger partial charge in [-0.25, -0.2) is 0 Å². The number of nitrogens with two attached hydrogens (primary N) is 1. The van der Waals surface area contributed by atoms with Crippen LogP contribution in [0, 0.1) is 0 Å². The standard InChI is InChI=1S/C13H19NO2.ClH/c1-9(2)7-12(14)11-6-5-10(15-3)8-13(11)16-4;/h5-6,8,12H,1,7,14H2,2-4H3;1H/t12-;/m1./s1. The fourth-order valence-corrected chi connectivity index (χ4v) is 1.61. The maximum Gasteiger partial charge on any atom is 0.127 e. The first kappa shape index (κ1) is 15.8. The van der Waals surface area contributed by atoms with Crippen molar-refractivity contribution < 1.29 is 9.47 Å². The Labute approximate surface area is 109 Å². The monoisotopic (exact) mass is 257 g/mol. The molecule has 0 saturated carbocycles. The number of methoxy groups -OCH3 is 2. The lowest BCUT2D eigenvalue weighted by atomic mass is 10.00. The van der Waals surface area contributed by atoms with Gasteiger partial charge in [0.1, 0.15) is 11.5 Å². The fourth-order valence-electron chi connectivity index (χ4n) is 1.61. The van der Waals surface area contributed by atoms with Crippen LogP contribution in [-0.4, -0.2) is 14.2 Å². The minimum atomic E-state index is -0.0849.